The highest BCUT2D eigenvalue weighted by molar-refractivity contribution is 5.80. The molecule has 0 N–H and O–H groups in total. The van der Waals surface area contributed by atoms with E-state index in [0.717, 1.165) is 36.8 Å². The first-order valence-electron chi connectivity index (χ1n) is 12.6. The summed E-state index contributed by atoms with van der Waals surface area (Å²) >= 11 is 0. The van der Waals surface area contributed by atoms with Crippen molar-refractivity contribution in [2.45, 2.75) is 88.9 Å². The van der Waals surface area contributed by atoms with Crippen LogP contribution in [0.15, 0.2) is 48.5 Å². The highest BCUT2D eigenvalue weighted by atomic mass is 19.1. The van der Waals surface area contributed by atoms with Gasteiger partial charge in [0, 0.05) is 12.8 Å². The van der Waals surface area contributed by atoms with E-state index in [-0.39, 0.29) is 23.5 Å². The van der Waals surface area contributed by atoms with Crippen molar-refractivity contribution in [1.82, 2.24) is 0 Å². The number of benzene rings is 2. The molecule has 172 valence electrons. The van der Waals surface area contributed by atoms with Crippen LogP contribution in [0.3, 0.4) is 0 Å². The number of carbonyl (C=O) groups excluding carboxylic acids is 1. The quantitative estimate of drug-likeness (QED) is 0.405. The SMILES string of the molecule is O=C(C[C@H](c1ccc(F)cc1)C1CCCCC1)C[C@@H](c1ccc(F)cc1)C1CCCCC1. The topological polar surface area (TPSA) is 17.1 Å². The summed E-state index contributed by atoms with van der Waals surface area (Å²) in [4.78, 5) is 13.5. The Bertz CT molecular complexity index is 774. The summed E-state index contributed by atoms with van der Waals surface area (Å²) in [7, 11) is 0. The number of Topliss-reactive ketones (excluding diaryl/α,β-unsaturated/α-hetero) is 1. The molecule has 32 heavy (non-hydrogen) atoms. The number of rotatable bonds is 8. The first kappa shape index (κ1) is 23.1. The number of hydrogen-bond donors (Lipinski definition) is 0. The molecule has 3 heteroatoms. The zero-order valence-corrected chi connectivity index (χ0v) is 19.1. The summed E-state index contributed by atoms with van der Waals surface area (Å²) in [5, 5.41) is 0. The largest absolute Gasteiger partial charge is 0.300 e. The Balaban J connectivity index is 1.52. The lowest BCUT2D eigenvalue weighted by molar-refractivity contribution is -0.120. The van der Waals surface area contributed by atoms with E-state index in [1.54, 1.807) is 0 Å². The van der Waals surface area contributed by atoms with Crippen LogP contribution in [0.5, 0.6) is 0 Å². The summed E-state index contributed by atoms with van der Waals surface area (Å²) in [6.45, 7) is 0. The van der Waals surface area contributed by atoms with Gasteiger partial charge in [-0.1, -0.05) is 62.8 Å². The summed E-state index contributed by atoms with van der Waals surface area (Å²) in [6, 6.07) is 13.6. The molecule has 2 aromatic carbocycles. The molecule has 2 aliphatic carbocycles. The van der Waals surface area contributed by atoms with Gasteiger partial charge in [0.05, 0.1) is 0 Å². The van der Waals surface area contributed by atoms with E-state index in [4.69, 9.17) is 0 Å². The number of carbonyl (C=O) groups is 1. The van der Waals surface area contributed by atoms with Gasteiger partial charge in [-0.2, -0.15) is 0 Å². The van der Waals surface area contributed by atoms with Crippen LogP contribution in [0.4, 0.5) is 8.78 Å². The third-order valence-corrected chi connectivity index (χ3v) is 7.93. The van der Waals surface area contributed by atoms with Gasteiger partial charge in [0.1, 0.15) is 17.4 Å². The fourth-order valence-corrected chi connectivity index (χ4v) is 6.18. The minimum Gasteiger partial charge on any atom is -0.300 e. The van der Waals surface area contributed by atoms with Crippen LogP contribution in [-0.2, 0) is 4.79 Å². The minimum absolute atomic E-state index is 0.170. The Kier molecular flexibility index (Phi) is 8.10. The second-order valence-electron chi connectivity index (χ2n) is 10.1. The van der Waals surface area contributed by atoms with Crippen molar-refractivity contribution >= 4 is 5.78 Å². The van der Waals surface area contributed by atoms with Crippen molar-refractivity contribution < 1.29 is 13.6 Å². The molecular weight excluding hydrogens is 402 g/mol. The summed E-state index contributed by atoms with van der Waals surface area (Å²) < 4.78 is 27.1. The predicted molar refractivity (Wildman–Crippen MR) is 126 cm³/mol. The second kappa shape index (κ2) is 11.2. The van der Waals surface area contributed by atoms with Crippen molar-refractivity contribution in [3.63, 3.8) is 0 Å². The normalized spacial score (nSPS) is 20.1. The Labute approximate surface area is 191 Å². The molecule has 0 saturated heterocycles. The van der Waals surface area contributed by atoms with Crippen LogP contribution in [0, 0.1) is 23.5 Å². The van der Waals surface area contributed by atoms with Gasteiger partial charge in [0.15, 0.2) is 0 Å². The zero-order chi connectivity index (χ0) is 22.3. The highest BCUT2D eigenvalue weighted by Gasteiger charge is 2.31. The molecule has 0 aromatic heterocycles. The molecule has 0 radical (unpaired) electrons. The monoisotopic (exact) mass is 438 g/mol. The van der Waals surface area contributed by atoms with Crippen LogP contribution >= 0.6 is 0 Å². The Morgan fingerprint density at radius 3 is 1.31 bits per heavy atom. The van der Waals surface area contributed by atoms with E-state index in [9.17, 15) is 13.6 Å². The number of hydrogen-bond acceptors (Lipinski definition) is 1. The zero-order valence-electron chi connectivity index (χ0n) is 19.1. The average Bonchev–Trinajstić information content (AvgIpc) is 2.83. The first-order valence-corrected chi connectivity index (χ1v) is 12.6. The van der Waals surface area contributed by atoms with Gasteiger partial charge in [-0.3, -0.25) is 4.79 Å². The van der Waals surface area contributed by atoms with Crippen molar-refractivity contribution in [2.24, 2.45) is 11.8 Å². The average molecular weight is 439 g/mol. The van der Waals surface area contributed by atoms with E-state index in [0.29, 0.717) is 30.5 Å². The van der Waals surface area contributed by atoms with E-state index in [1.807, 2.05) is 24.3 Å². The van der Waals surface area contributed by atoms with Crippen molar-refractivity contribution in [2.75, 3.05) is 0 Å². The van der Waals surface area contributed by atoms with Crippen LogP contribution in [-0.4, -0.2) is 5.78 Å². The molecule has 2 aliphatic rings. The molecule has 2 aromatic rings. The summed E-state index contributed by atoms with van der Waals surface area (Å²) in [5.41, 5.74) is 2.20. The van der Waals surface area contributed by atoms with Gasteiger partial charge in [-0.25, -0.2) is 8.78 Å². The van der Waals surface area contributed by atoms with E-state index < -0.39 is 0 Å². The second-order valence-corrected chi connectivity index (χ2v) is 10.1. The molecule has 0 unspecified atom stereocenters. The van der Waals surface area contributed by atoms with E-state index >= 15 is 0 Å². The van der Waals surface area contributed by atoms with Gasteiger partial charge in [-0.15, -0.1) is 0 Å². The fraction of sp³-hybridized carbons (Fsp3) is 0.552. The predicted octanol–water partition coefficient (Wildman–Crippen LogP) is 8.34. The van der Waals surface area contributed by atoms with E-state index in [1.165, 1.54) is 62.8 Å². The van der Waals surface area contributed by atoms with Gasteiger partial charge in [0.25, 0.3) is 0 Å². The van der Waals surface area contributed by atoms with Crippen molar-refractivity contribution in [3.05, 3.63) is 71.3 Å². The lowest BCUT2D eigenvalue weighted by Crippen LogP contribution is -2.23. The molecule has 2 saturated carbocycles. The maximum Gasteiger partial charge on any atom is 0.134 e. The smallest absolute Gasteiger partial charge is 0.134 e. The van der Waals surface area contributed by atoms with Crippen LogP contribution in [0.2, 0.25) is 0 Å². The van der Waals surface area contributed by atoms with Crippen LogP contribution < -0.4 is 0 Å². The molecule has 1 nitrogen and oxygen atoms in total. The molecule has 0 amide bonds. The Morgan fingerprint density at radius 2 is 0.969 bits per heavy atom. The van der Waals surface area contributed by atoms with Gasteiger partial charge in [0.2, 0.25) is 0 Å². The molecular formula is C29H36F2O. The van der Waals surface area contributed by atoms with Crippen LogP contribution in [0.25, 0.3) is 0 Å². The van der Waals surface area contributed by atoms with Crippen LogP contribution in [0.1, 0.15) is 100 Å². The summed E-state index contributed by atoms with van der Waals surface area (Å²) in [5.74, 6) is 1.18. The molecule has 0 bridgehead atoms. The molecule has 0 spiro atoms. The van der Waals surface area contributed by atoms with Crippen molar-refractivity contribution in [1.29, 1.82) is 0 Å². The maximum absolute atomic E-state index is 13.6. The minimum atomic E-state index is -0.226. The van der Waals surface area contributed by atoms with Crippen molar-refractivity contribution in [3.8, 4) is 0 Å². The molecule has 0 heterocycles. The van der Waals surface area contributed by atoms with Gasteiger partial charge in [-0.05, 0) is 84.7 Å². The fourth-order valence-electron chi connectivity index (χ4n) is 6.18. The van der Waals surface area contributed by atoms with E-state index in [2.05, 4.69) is 0 Å². The third kappa shape index (κ3) is 6.05. The third-order valence-electron chi connectivity index (χ3n) is 7.93. The number of ketones is 1. The first-order chi connectivity index (χ1) is 15.6. The molecule has 2 atom stereocenters. The van der Waals surface area contributed by atoms with Gasteiger partial charge < -0.3 is 0 Å². The molecule has 4 rings (SSSR count). The Morgan fingerprint density at radius 1 is 0.625 bits per heavy atom. The maximum atomic E-state index is 13.6. The molecule has 2 fully saturated rings. The lowest BCUT2D eigenvalue weighted by Gasteiger charge is -2.33. The highest BCUT2D eigenvalue weighted by Crippen LogP contribution is 2.42. The lowest BCUT2D eigenvalue weighted by atomic mass is 9.71. The standard InChI is InChI=1S/C29H36F2O/c30-25-15-11-23(12-16-25)28(21-7-3-1-4-8-21)19-27(32)20-29(22-9-5-2-6-10-22)24-13-17-26(31)18-14-24/h11-18,21-22,28-29H,1-10,19-20H2/t28-,29+. The molecule has 0 aliphatic heterocycles. The summed E-state index contributed by atoms with van der Waals surface area (Å²) in [6.07, 6.45) is 13.1. The Hall–Kier alpha value is -2.03. The van der Waals surface area contributed by atoms with Gasteiger partial charge >= 0.3 is 0 Å². The number of halogens is 2.